The Bertz CT molecular complexity index is 1060. The minimum atomic E-state index is 0.208. The number of aromatic nitrogens is 1. The number of unbranched alkanes of at least 4 members (excludes halogenated alkanes) is 1. The molecule has 0 saturated carbocycles. The topological polar surface area (TPSA) is 147 Å². The first-order valence-electron chi connectivity index (χ1n) is 10.2. The van der Waals surface area contributed by atoms with Crippen LogP contribution in [0, 0.1) is 0 Å². The third-order valence-electron chi connectivity index (χ3n) is 4.62. The van der Waals surface area contributed by atoms with E-state index in [1.165, 1.54) is 32.7 Å². The third kappa shape index (κ3) is 6.28. The number of benzene rings is 2. The van der Waals surface area contributed by atoms with Crippen LogP contribution in [0.2, 0.25) is 0 Å². The number of hydrogen-bond acceptors (Lipinski definition) is 10. The summed E-state index contributed by atoms with van der Waals surface area (Å²) < 4.78 is 17.1. The highest BCUT2D eigenvalue weighted by Crippen LogP contribution is 2.40. The summed E-state index contributed by atoms with van der Waals surface area (Å²) in [5.74, 6) is 7.33. The maximum absolute atomic E-state index is 8.88. The van der Waals surface area contributed by atoms with Gasteiger partial charge >= 0.3 is 0 Å². The van der Waals surface area contributed by atoms with Crippen LogP contribution in [0.1, 0.15) is 12.8 Å². The van der Waals surface area contributed by atoms with Crippen molar-refractivity contribution in [2.45, 2.75) is 12.8 Å². The number of thiazole rings is 1. The van der Waals surface area contributed by atoms with Gasteiger partial charge in [-0.15, -0.1) is 0 Å². The summed E-state index contributed by atoms with van der Waals surface area (Å²) in [4.78, 5) is 9.00. The molecule has 0 saturated heterocycles. The number of methoxy groups -OCH3 is 3. The quantitative estimate of drug-likeness (QED) is 0.0804. The van der Waals surface area contributed by atoms with E-state index in [0.29, 0.717) is 28.1 Å². The molecule has 7 N–H and O–H groups in total. The molecule has 0 atom stereocenters. The van der Waals surface area contributed by atoms with Gasteiger partial charge < -0.3 is 24.6 Å². The molecule has 0 fully saturated rings. The summed E-state index contributed by atoms with van der Waals surface area (Å²) in [7, 11) is 4.61. The van der Waals surface area contributed by atoms with Gasteiger partial charge in [0.1, 0.15) is 0 Å². The average Bonchev–Trinajstić information content (AvgIpc) is 3.25. The lowest BCUT2D eigenvalue weighted by Gasteiger charge is -2.13. The van der Waals surface area contributed by atoms with E-state index in [2.05, 4.69) is 31.6 Å². The number of aliphatic hydroxyl groups excluding tert-OH is 1. The first-order valence-corrected chi connectivity index (χ1v) is 11.1. The van der Waals surface area contributed by atoms with Crippen LogP contribution in [0.25, 0.3) is 10.2 Å². The van der Waals surface area contributed by atoms with Crippen molar-refractivity contribution in [3.05, 3.63) is 30.3 Å². The number of nitrogens with one attached hydrogen (secondary N) is 4. The van der Waals surface area contributed by atoms with E-state index in [-0.39, 0.29) is 12.6 Å². The molecule has 0 aliphatic carbocycles. The second kappa shape index (κ2) is 11.9. The minimum Gasteiger partial charge on any atom is -0.493 e. The molecule has 3 aromatic rings. The van der Waals surface area contributed by atoms with Gasteiger partial charge in [-0.25, -0.2) is 15.8 Å². The molecule has 12 heteroatoms. The zero-order valence-electron chi connectivity index (χ0n) is 18.8. The lowest BCUT2D eigenvalue weighted by Crippen LogP contribution is -2.44. The molecule has 0 amide bonds. The standard InChI is InChI=1S/C21H29N7O4S/c1-30-16-10-14(11-17(31-2)19(16)32-3)24-20(26-22)27-28-21-25-15-7-6-13(12-18(15)33-21)23-8-4-5-9-29/h6-7,10-12,23,29H,4-5,8-9,22H2,1-3H3,(H,25,28)(H2,24,26,27). The average molecular weight is 476 g/mol. The number of hydrogen-bond donors (Lipinski definition) is 6. The van der Waals surface area contributed by atoms with Crippen molar-refractivity contribution >= 4 is 44.0 Å². The molecule has 2 aromatic carbocycles. The first-order chi connectivity index (χ1) is 16.1. The fourth-order valence-electron chi connectivity index (χ4n) is 3.03. The number of rotatable bonds is 11. The van der Waals surface area contributed by atoms with Crippen molar-refractivity contribution in [2.24, 2.45) is 10.8 Å². The second-order valence-electron chi connectivity index (χ2n) is 6.80. The number of nitrogens with zero attached hydrogens (tertiary/aromatic N) is 2. The van der Waals surface area contributed by atoms with Gasteiger partial charge in [0.2, 0.25) is 16.8 Å². The number of anilines is 2. The van der Waals surface area contributed by atoms with Crippen LogP contribution in [-0.4, -0.2) is 50.5 Å². The highest BCUT2D eigenvalue weighted by Gasteiger charge is 2.13. The summed E-state index contributed by atoms with van der Waals surface area (Å²) in [6.07, 6.45) is 1.69. The van der Waals surface area contributed by atoms with Gasteiger partial charge in [0.25, 0.3) is 0 Å². The Kier molecular flexibility index (Phi) is 8.75. The molecule has 0 bridgehead atoms. The maximum atomic E-state index is 8.88. The molecular formula is C21H29N7O4S. The fourth-order valence-corrected chi connectivity index (χ4v) is 3.89. The monoisotopic (exact) mass is 475 g/mol. The van der Waals surface area contributed by atoms with Crippen LogP contribution < -0.4 is 41.6 Å². The summed E-state index contributed by atoms with van der Waals surface area (Å²) in [6.45, 7) is 1.01. The van der Waals surface area contributed by atoms with E-state index in [0.717, 1.165) is 35.3 Å². The lowest BCUT2D eigenvalue weighted by molar-refractivity contribution is 0.286. The van der Waals surface area contributed by atoms with Crippen LogP contribution in [-0.2, 0) is 0 Å². The molecule has 0 aliphatic heterocycles. The second-order valence-corrected chi connectivity index (χ2v) is 7.83. The number of guanidine groups is 1. The molecule has 11 nitrogen and oxygen atoms in total. The normalized spacial score (nSPS) is 11.2. The molecule has 33 heavy (non-hydrogen) atoms. The van der Waals surface area contributed by atoms with Gasteiger partial charge in [0, 0.05) is 31.0 Å². The Balaban J connectivity index is 1.70. The molecule has 1 heterocycles. The number of ether oxygens (including phenoxy) is 3. The molecule has 0 unspecified atom stereocenters. The summed E-state index contributed by atoms with van der Waals surface area (Å²) in [6, 6.07) is 9.39. The smallest absolute Gasteiger partial charge is 0.230 e. The van der Waals surface area contributed by atoms with E-state index in [1.54, 1.807) is 12.1 Å². The SMILES string of the molecule is COc1cc(N=C(NN)NNc2nc3ccc(NCCCCO)cc3s2)cc(OC)c1OC. The van der Waals surface area contributed by atoms with Crippen molar-refractivity contribution in [3.63, 3.8) is 0 Å². The fraction of sp³-hybridized carbons (Fsp3) is 0.333. The van der Waals surface area contributed by atoms with Crippen molar-refractivity contribution in [1.82, 2.24) is 15.8 Å². The Hall–Kier alpha value is -3.48. The van der Waals surface area contributed by atoms with Crippen LogP contribution in [0.15, 0.2) is 35.3 Å². The lowest BCUT2D eigenvalue weighted by atomic mass is 10.2. The molecular weight excluding hydrogens is 446 g/mol. The van der Waals surface area contributed by atoms with Gasteiger partial charge in [-0.2, -0.15) is 0 Å². The third-order valence-corrected chi connectivity index (χ3v) is 5.55. The Labute approximate surface area is 195 Å². The molecule has 3 rings (SSSR count). The molecule has 0 aliphatic rings. The maximum Gasteiger partial charge on any atom is 0.230 e. The predicted molar refractivity (Wildman–Crippen MR) is 132 cm³/mol. The Morgan fingerprint density at radius 1 is 1.09 bits per heavy atom. The van der Waals surface area contributed by atoms with E-state index < -0.39 is 0 Å². The molecule has 0 radical (unpaired) electrons. The van der Waals surface area contributed by atoms with Gasteiger partial charge in [0.05, 0.1) is 37.2 Å². The summed E-state index contributed by atoms with van der Waals surface area (Å²) in [5, 5.41) is 12.9. The number of fused-ring (bicyclic) bond motifs is 1. The van der Waals surface area contributed by atoms with Crippen LogP contribution >= 0.6 is 11.3 Å². The first kappa shape index (κ1) is 24.2. The van der Waals surface area contributed by atoms with Crippen molar-refractivity contribution in [3.8, 4) is 17.2 Å². The van der Waals surface area contributed by atoms with E-state index in [1.807, 2.05) is 18.2 Å². The van der Waals surface area contributed by atoms with E-state index >= 15 is 0 Å². The van der Waals surface area contributed by atoms with Crippen molar-refractivity contribution in [1.29, 1.82) is 0 Å². The highest BCUT2D eigenvalue weighted by molar-refractivity contribution is 7.22. The zero-order chi connectivity index (χ0) is 23.6. The Morgan fingerprint density at radius 3 is 2.48 bits per heavy atom. The van der Waals surface area contributed by atoms with Gasteiger partial charge in [-0.1, -0.05) is 11.3 Å². The van der Waals surface area contributed by atoms with Crippen LogP contribution in [0.3, 0.4) is 0 Å². The number of aliphatic hydroxyl groups is 1. The molecule has 1 aromatic heterocycles. The number of aliphatic imine (C=N–C) groups is 1. The summed E-state index contributed by atoms with van der Waals surface area (Å²) >= 11 is 1.49. The van der Waals surface area contributed by atoms with Gasteiger partial charge in [0.15, 0.2) is 11.5 Å². The van der Waals surface area contributed by atoms with E-state index in [4.69, 9.17) is 25.2 Å². The van der Waals surface area contributed by atoms with Crippen molar-refractivity contribution < 1.29 is 19.3 Å². The Morgan fingerprint density at radius 2 is 1.85 bits per heavy atom. The van der Waals surface area contributed by atoms with Crippen LogP contribution in [0.5, 0.6) is 17.2 Å². The predicted octanol–water partition coefficient (Wildman–Crippen LogP) is 2.57. The molecule has 0 spiro atoms. The molecule has 178 valence electrons. The summed E-state index contributed by atoms with van der Waals surface area (Å²) in [5.41, 5.74) is 10.9. The highest BCUT2D eigenvalue weighted by atomic mass is 32.1. The van der Waals surface area contributed by atoms with Gasteiger partial charge in [-0.05, 0) is 31.0 Å². The van der Waals surface area contributed by atoms with Crippen LogP contribution in [0.4, 0.5) is 16.5 Å². The van der Waals surface area contributed by atoms with E-state index in [9.17, 15) is 0 Å². The number of nitrogens with two attached hydrogens (primary N) is 1. The largest absolute Gasteiger partial charge is 0.493 e. The zero-order valence-corrected chi connectivity index (χ0v) is 19.6. The van der Waals surface area contributed by atoms with Crippen molar-refractivity contribution in [2.75, 3.05) is 45.2 Å². The van der Waals surface area contributed by atoms with Gasteiger partial charge in [-0.3, -0.25) is 16.3 Å². The number of hydrazine groups is 2. The minimum absolute atomic E-state index is 0.208.